The number of nitriles is 1. The fraction of sp³-hybridized carbons (Fsp3) is 0.318. The molecule has 1 heterocycles. The van der Waals surface area contributed by atoms with E-state index in [1.165, 1.54) is 0 Å². The Morgan fingerprint density at radius 2 is 1.83 bits per heavy atom. The molecule has 7 heteroatoms. The van der Waals surface area contributed by atoms with Crippen molar-refractivity contribution in [2.75, 3.05) is 13.2 Å². The number of nitrogens with one attached hydrogen (secondary N) is 1. The van der Waals surface area contributed by atoms with Crippen molar-refractivity contribution in [2.45, 2.75) is 31.9 Å². The van der Waals surface area contributed by atoms with Gasteiger partial charge in [0.25, 0.3) is 5.91 Å². The predicted molar refractivity (Wildman–Crippen MR) is 106 cm³/mol. The van der Waals surface area contributed by atoms with Crippen LogP contribution in [0.4, 0.5) is 4.79 Å². The van der Waals surface area contributed by atoms with Crippen molar-refractivity contribution in [3.05, 3.63) is 65.2 Å². The van der Waals surface area contributed by atoms with Crippen molar-refractivity contribution in [1.29, 1.82) is 5.26 Å². The van der Waals surface area contributed by atoms with E-state index >= 15 is 0 Å². The summed E-state index contributed by atoms with van der Waals surface area (Å²) in [6.45, 7) is 3.36. The second kappa shape index (κ2) is 8.33. The second-order valence-electron chi connectivity index (χ2n) is 7.28. The Kier molecular flexibility index (Phi) is 5.85. The molecule has 7 nitrogen and oxygen atoms in total. The Morgan fingerprint density at radius 3 is 2.45 bits per heavy atom. The van der Waals surface area contributed by atoms with E-state index in [2.05, 4.69) is 11.4 Å². The van der Waals surface area contributed by atoms with Gasteiger partial charge in [-0.3, -0.25) is 9.69 Å². The van der Waals surface area contributed by atoms with E-state index < -0.39 is 23.6 Å². The molecule has 1 aliphatic heterocycles. The number of hydrogen-bond acceptors (Lipinski definition) is 5. The van der Waals surface area contributed by atoms with Crippen LogP contribution in [0.25, 0.3) is 0 Å². The smallest absolute Gasteiger partial charge is 0.325 e. The Bertz CT molecular complexity index is 934. The van der Waals surface area contributed by atoms with Crippen LogP contribution in [0.5, 0.6) is 5.75 Å². The molecule has 3 amide bonds. The van der Waals surface area contributed by atoms with Gasteiger partial charge in [0, 0.05) is 0 Å². The molecule has 0 spiro atoms. The molecule has 2 atom stereocenters. The van der Waals surface area contributed by atoms with Crippen LogP contribution < -0.4 is 10.1 Å². The largest absolute Gasteiger partial charge is 0.491 e. The van der Waals surface area contributed by atoms with Gasteiger partial charge in [-0.15, -0.1) is 0 Å². The Labute approximate surface area is 169 Å². The van der Waals surface area contributed by atoms with Crippen LogP contribution in [0, 0.1) is 18.3 Å². The highest BCUT2D eigenvalue weighted by Gasteiger charge is 2.49. The maximum Gasteiger partial charge on any atom is 0.325 e. The zero-order chi connectivity index (χ0) is 21.0. The second-order valence-corrected chi connectivity index (χ2v) is 7.28. The summed E-state index contributed by atoms with van der Waals surface area (Å²) in [6, 6.07) is 15.9. The van der Waals surface area contributed by atoms with Crippen molar-refractivity contribution in [1.82, 2.24) is 10.2 Å². The minimum atomic E-state index is -1.16. The first-order valence-electron chi connectivity index (χ1n) is 9.31. The number of aliphatic hydroxyl groups excluding tert-OH is 1. The van der Waals surface area contributed by atoms with Crippen molar-refractivity contribution in [2.24, 2.45) is 0 Å². The molecular formula is C22H23N3O4. The number of aryl methyl sites for hydroxylation is 1. The zero-order valence-electron chi connectivity index (χ0n) is 16.4. The number of β-amino-alcohol motifs (C(OH)–C–C–N with tert-alkyl or cyclic N) is 1. The summed E-state index contributed by atoms with van der Waals surface area (Å²) in [7, 11) is 0. The van der Waals surface area contributed by atoms with E-state index in [9.17, 15) is 14.7 Å². The average Bonchev–Trinajstić information content (AvgIpc) is 2.92. The Hall–Kier alpha value is -3.37. The Morgan fingerprint density at radius 1 is 1.17 bits per heavy atom. The highest BCUT2D eigenvalue weighted by atomic mass is 16.5. The summed E-state index contributed by atoms with van der Waals surface area (Å²) >= 11 is 0. The SMILES string of the molecule is Cc1ccc([C@@]2(C)NC(=O)N(C[C@@H](O)COc3ccc(CC#N)cc3)C2=O)cc1. The molecule has 0 unspecified atom stereocenters. The molecule has 1 aliphatic rings. The van der Waals surface area contributed by atoms with Gasteiger partial charge in [-0.2, -0.15) is 5.26 Å². The molecule has 0 radical (unpaired) electrons. The van der Waals surface area contributed by atoms with Crippen LogP contribution in [0.15, 0.2) is 48.5 Å². The number of rotatable bonds is 7. The number of urea groups is 1. The molecule has 150 valence electrons. The van der Waals surface area contributed by atoms with Crippen LogP contribution in [0.3, 0.4) is 0 Å². The lowest BCUT2D eigenvalue weighted by atomic mass is 9.91. The standard InChI is InChI=1S/C22H23N3O4/c1-15-3-7-17(8-4-15)22(2)20(27)25(21(28)24-22)13-18(26)14-29-19-9-5-16(6-10-19)11-12-23/h3-10,18,26H,11,13-14H2,1-2H3,(H,24,28)/t18-,22-/m1/s1. The van der Waals surface area contributed by atoms with Crippen molar-refractivity contribution in [3.8, 4) is 11.8 Å². The third-order valence-electron chi connectivity index (χ3n) is 4.95. The molecule has 1 fully saturated rings. The van der Waals surface area contributed by atoms with Gasteiger partial charge in [-0.05, 0) is 37.1 Å². The first-order valence-corrected chi connectivity index (χ1v) is 9.31. The molecule has 2 N–H and O–H groups in total. The number of benzene rings is 2. The van der Waals surface area contributed by atoms with E-state index in [4.69, 9.17) is 10.00 Å². The highest BCUT2D eigenvalue weighted by Crippen LogP contribution is 2.29. The highest BCUT2D eigenvalue weighted by molar-refractivity contribution is 6.07. The third-order valence-corrected chi connectivity index (χ3v) is 4.95. The van der Waals surface area contributed by atoms with Crippen molar-refractivity contribution < 1.29 is 19.4 Å². The van der Waals surface area contributed by atoms with Crippen LogP contribution in [-0.2, 0) is 16.8 Å². The first kappa shape index (κ1) is 20.4. The van der Waals surface area contributed by atoms with Gasteiger partial charge in [-0.1, -0.05) is 42.0 Å². The maximum absolute atomic E-state index is 12.9. The maximum atomic E-state index is 12.9. The quantitative estimate of drug-likeness (QED) is 0.703. The minimum Gasteiger partial charge on any atom is -0.491 e. The molecule has 2 aromatic carbocycles. The topological polar surface area (TPSA) is 103 Å². The van der Waals surface area contributed by atoms with Crippen molar-refractivity contribution >= 4 is 11.9 Å². The van der Waals surface area contributed by atoms with Gasteiger partial charge >= 0.3 is 6.03 Å². The molecule has 29 heavy (non-hydrogen) atoms. The molecule has 0 saturated carbocycles. The average molecular weight is 393 g/mol. The number of hydrogen-bond donors (Lipinski definition) is 2. The van der Waals surface area contributed by atoms with E-state index in [0.29, 0.717) is 17.7 Å². The fourth-order valence-corrected chi connectivity index (χ4v) is 3.20. The lowest BCUT2D eigenvalue weighted by Crippen LogP contribution is -2.42. The third kappa shape index (κ3) is 4.39. The van der Waals surface area contributed by atoms with Crippen LogP contribution in [-0.4, -0.2) is 41.2 Å². The predicted octanol–water partition coefficient (Wildman–Crippen LogP) is 2.27. The van der Waals surface area contributed by atoms with Crippen molar-refractivity contribution in [3.63, 3.8) is 0 Å². The summed E-state index contributed by atoms with van der Waals surface area (Å²) < 4.78 is 5.53. The van der Waals surface area contributed by atoms with Gasteiger partial charge in [0.1, 0.15) is 24.0 Å². The summed E-state index contributed by atoms with van der Waals surface area (Å²) in [5.74, 6) is 0.124. The molecule has 0 aromatic heterocycles. The van der Waals surface area contributed by atoms with E-state index in [1.54, 1.807) is 31.2 Å². The van der Waals surface area contributed by atoms with Crippen LogP contribution in [0.2, 0.25) is 0 Å². The molecule has 0 aliphatic carbocycles. The van der Waals surface area contributed by atoms with Gasteiger partial charge in [0.2, 0.25) is 0 Å². The van der Waals surface area contributed by atoms with Crippen LogP contribution in [0.1, 0.15) is 23.6 Å². The number of carbonyl (C=O) groups is 2. The van der Waals surface area contributed by atoms with Gasteiger partial charge in [0.05, 0.1) is 19.0 Å². The number of amides is 3. The van der Waals surface area contributed by atoms with E-state index in [-0.39, 0.29) is 13.2 Å². The minimum absolute atomic E-state index is 0.0735. The molecule has 2 aromatic rings. The first-order chi connectivity index (χ1) is 13.8. The number of nitrogens with zero attached hydrogens (tertiary/aromatic N) is 2. The Balaban J connectivity index is 1.60. The lowest BCUT2D eigenvalue weighted by molar-refractivity contribution is -0.132. The monoisotopic (exact) mass is 393 g/mol. The summed E-state index contributed by atoms with van der Waals surface area (Å²) in [4.78, 5) is 26.3. The van der Waals surface area contributed by atoms with Crippen LogP contribution >= 0.6 is 0 Å². The number of imide groups is 1. The zero-order valence-corrected chi connectivity index (χ0v) is 16.4. The van der Waals surface area contributed by atoms with Gasteiger partial charge in [-0.25, -0.2) is 4.79 Å². The van der Waals surface area contributed by atoms with Gasteiger partial charge in [0.15, 0.2) is 0 Å². The summed E-state index contributed by atoms with van der Waals surface area (Å²) in [6.07, 6.45) is -0.724. The summed E-state index contributed by atoms with van der Waals surface area (Å²) in [5, 5.41) is 21.7. The van der Waals surface area contributed by atoms with Gasteiger partial charge < -0.3 is 15.2 Å². The number of ether oxygens (including phenoxy) is 1. The molecule has 1 saturated heterocycles. The fourth-order valence-electron chi connectivity index (χ4n) is 3.20. The normalized spacial score (nSPS) is 19.6. The molecule has 0 bridgehead atoms. The number of carbonyl (C=O) groups excluding carboxylic acids is 2. The molecule has 3 rings (SSSR count). The van der Waals surface area contributed by atoms with E-state index in [0.717, 1.165) is 16.0 Å². The molecular weight excluding hydrogens is 370 g/mol. The summed E-state index contributed by atoms with van der Waals surface area (Å²) in [5.41, 5.74) is 1.45. The number of aliphatic hydroxyl groups is 1. The van der Waals surface area contributed by atoms with E-state index in [1.807, 2.05) is 31.2 Å². The lowest BCUT2D eigenvalue weighted by Gasteiger charge is -2.23.